The van der Waals surface area contributed by atoms with Crippen molar-refractivity contribution < 1.29 is 9.66 Å². The lowest BCUT2D eigenvalue weighted by Gasteiger charge is -2.40. The van der Waals surface area contributed by atoms with E-state index in [2.05, 4.69) is 30.4 Å². The van der Waals surface area contributed by atoms with E-state index in [-0.39, 0.29) is 17.3 Å². The number of pyridine rings is 3. The molecule has 1 aliphatic rings. The van der Waals surface area contributed by atoms with Gasteiger partial charge in [0.1, 0.15) is 0 Å². The maximum atomic E-state index is 13.7. The Hall–Kier alpha value is -4.15. The molecule has 4 aromatic rings. The monoisotopic (exact) mass is 542 g/mol. The van der Waals surface area contributed by atoms with Gasteiger partial charge in [-0.05, 0) is 65.6 Å². The van der Waals surface area contributed by atoms with Gasteiger partial charge in [-0.2, -0.15) is 0 Å². The van der Waals surface area contributed by atoms with Crippen LogP contribution in [0.4, 0.5) is 11.5 Å². The minimum Gasteiger partial charge on any atom is -0.383 e. The molecule has 0 saturated carbocycles. The van der Waals surface area contributed by atoms with E-state index in [0.717, 1.165) is 54.0 Å². The molecule has 1 atom stereocenters. The van der Waals surface area contributed by atoms with Gasteiger partial charge in [0.25, 0.3) is 0 Å². The van der Waals surface area contributed by atoms with Gasteiger partial charge < -0.3 is 24.3 Å². The second-order valence-corrected chi connectivity index (χ2v) is 10.3. The number of hydrogen-bond acceptors (Lipinski definition) is 8. The number of para-hydroxylation sites is 1. The highest BCUT2D eigenvalue weighted by Gasteiger charge is 2.28. The molecule has 5 rings (SSSR count). The third-order valence-corrected chi connectivity index (χ3v) is 7.52. The van der Waals surface area contributed by atoms with Gasteiger partial charge in [-0.3, -0.25) is 14.7 Å². The van der Waals surface area contributed by atoms with Crippen LogP contribution in [0.1, 0.15) is 29.7 Å². The van der Waals surface area contributed by atoms with Crippen LogP contribution in [0.3, 0.4) is 0 Å². The smallest absolute Gasteiger partial charge is 0.363 e. The first-order valence-corrected chi connectivity index (χ1v) is 13.5. The van der Waals surface area contributed by atoms with Gasteiger partial charge in [0.2, 0.25) is 0 Å². The van der Waals surface area contributed by atoms with Gasteiger partial charge in [0.15, 0.2) is 11.6 Å². The van der Waals surface area contributed by atoms with E-state index < -0.39 is 4.92 Å². The lowest BCUT2D eigenvalue weighted by molar-refractivity contribution is -0.389. The summed E-state index contributed by atoms with van der Waals surface area (Å²) in [5.74, 6) is -0.159. The topological polar surface area (TPSA) is 107 Å². The van der Waals surface area contributed by atoms with Crippen LogP contribution in [0.25, 0.3) is 10.9 Å². The van der Waals surface area contributed by atoms with E-state index in [4.69, 9.17) is 4.74 Å². The van der Waals surface area contributed by atoms with Crippen LogP contribution in [0.15, 0.2) is 71.9 Å². The van der Waals surface area contributed by atoms with Gasteiger partial charge in [-0.25, -0.2) is 0 Å². The van der Waals surface area contributed by atoms with E-state index in [9.17, 15) is 14.9 Å². The molecular formula is C30H34N6O4. The van der Waals surface area contributed by atoms with Crippen molar-refractivity contribution in [2.75, 3.05) is 31.7 Å². The number of benzene rings is 1. The van der Waals surface area contributed by atoms with Gasteiger partial charge in [-0.15, -0.1) is 0 Å². The lowest BCUT2D eigenvalue weighted by atomic mass is 10.0. The molecule has 208 valence electrons. The number of piperidine rings is 1. The summed E-state index contributed by atoms with van der Waals surface area (Å²) in [6.07, 6.45) is 7.33. The van der Waals surface area contributed by atoms with Crippen LogP contribution < -0.4 is 10.3 Å². The van der Waals surface area contributed by atoms with Crippen molar-refractivity contribution in [3.05, 3.63) is 104 Å². The highest BCUT2D eigenvalue weighted by atomic mass is 16.6. The summed E-state index contributed by atoms with van der Waals surface area (Å²) in [5, 5.41) is 11.8. The number of nitrogens with zero attached hydrogens (tertiary/aromatic N) is 6. The number of fused-ring (bicyclic) bond motifs is 1. The molecule has 1 aromatic carbocycles. The number of nitro groups is 1. The second kappa shape index (κ2) is 12.4. The minimum absolute atomic E-state index is 0.0485. The van der Waals surface area contributed by atoms with Gasteiger partial charge in [0.05, 0.1) is 17.8 Å². The van der Waals surface area contributed by atoms with Crippen molar-refractivity contribution in [3.8, 4) is 0 Å². The van der Waals surface area contributed by atoms with E-state index in [1.165, 1.54) is 6.07 Å². The van der Waals surface area contributed by atoms with Crippen molar-refractivity contribution in [1.29, 1.82) is 0 Å². The molecule has 4 heterocycles. The van der Waals surface area contributed by atoms with E-state index in [1.807, 2.05) is 49.6 Å². The normalized spacial score (nSPS) is 15.6. The lowest BCUT2D eigenvalue weighted by Crippen LogP contribution is -2.48. The molecule has 1 fully saturated rings. The van der Waals surface area contributed by atoms with Gasteiger partial charge in [-0.1, -0.05) is 12.1 Å². The molecular weight excluding hydrogens is 508 g/mol. The number of methoxy groups -OCH3 is 1. The number of rotatable bonds is 10. The summed E-state index contributed by atoms with van der Waals surface area (Å²) in [5.41, 5.74) is 4.65. The average molecular weight is 543 g/mol. The molecule has 1 aliphatic heterocycles. The maximum Gasteiger partial charge on any atom is 0.363 e. The zero-order valence-corrected chi connectivity index (χ0v) is 22.9. The fourth-order valence-corrected chi connectivity index (χ4v) is 5.52. The molecule has 0 radical (unpaired) electrons. The average Bonchev–Trinajstić information content (AvgIpc) is 2.97. The number of anilines is 1. The highest BCUT2D eigenvalue weighted by Crippen LogP contribution is 2.26. The molecule has 0 aliphatic carbocycles. The van der Waals surface area contributed by atoms with Crippen molar-refractivity contribution in [3.63, 3.8) is 0 Å². The SMILES string of the molecule is COCCn1cc(CN(Cc2ccnc(C)c2)[C@H]2CCCN(c3ccc([N+](=O)[O-])nc3)C2)c(=O)c2ccccc21. The summed E-state index contributed by atoms with van der Waals surface area (Å²) in [4.78, 5) is 37.3. The third kappa shape index (κ3) is 6.19. The first kappa shape index (κ1) is 27.4. The van der Waals surface area contributed by atoms with Crippen LogP contribution in [0.2, 0.25) is 0 Å². The van der Waals surface area contributed by atoms with Crippen molar-refractivity contribution >= 4 is 22.4 Å². The number of aromatic nitrogens is 3. The maximum absolute atomic E-state index is 13.7. The Morgan fingerprint density at radius 1 is 1.15 bits per heavy atom. The third-order valence-electron chi connectivity index (χ3n) is 7.52. The number of hydrogen-bond donors (Lipinski definition) is 0. The van der Waals surface area contributed by atoms with Gasteiger partial charge >= 0.3 is 5.82 Å². The molecule has 10 nitrogen and oxygen atoms in total. The molecule has 1 saturated heterocycles. The summed E-state index contributed by atoms with van der Waals surface area (Å²) in [6, 6.07) is 15.2. The molecule has 0 amide bonds. The quantitative estimate of drug-likeness (QED) is 0.215. The molecule has 0 unspecified atom stereocenters. The number of ether oxygens (including phenoxy) is 1. The Morgan fingerprint density at radius 2 is 2.00 bits per heavy atom. The van der Waals surface area contributed by atoms with E-state index in [0.29, 0.717) is 31.6 Å². The molecule has 0 N–H and O–H groups in total. The van der Waals surface area contributed by atoms with Crippen molar-refractivity contribution in [2.45, 2.75) is 45.4 Å². The van der Waals surface area contributed by atoms with E-state index >= 15 is 0 Å². The Morgan fingerprint density at radius 3 is 2.75 bits per heavy atom. The Labute approximate surface area is 233 Å². The van der Waals surface area contributed by atoms with Crippen molar-refractivity contribution in [2.24, 2.45) is 0 Å². The molecule has 3 aromatic heterocycles. The Kier molecular flexibility index (Phi) is 8.47. The predicted molar refractivity (Wildman–Crippen MR) is 154 cm³/mol. The Balaban J connectivity index is 1.47. The largest absolute Gasteiger partial charge is 0.383 e. The van der Waals surface area contributed by atoms with Crippen LogP contribution in [-0.2, 0) is 24.4 Å². The summed E-state index contributed by atoms with van der Waals surface area (Å²) >= 11 is 0. The van der Waals surface area contributed by atoms with Crippen LogP contribution in [0.5, 0.6) is 0 Å². The van der Waals surface area contributed by atoms with Crippen molar-refractivity contribution in [1.82, 2.24) is 19.4 Å². The van der Waals surface area contributed by atoms with Crippen LogP contribution in [-0.4, -0.2) is 57.2 Å². The first-order valence-electron chi connectivity index (χ1n) is 13.5. The molecule has 0 spiro atoms. The number of aryl methyl sites for hydroxylation is 1. The summed E-state index contributed by atoms with van der Waals surface area (Å²) < 4.78 is 7.45. The fraction of sp³-hybridized carbons (Fsp3) is 0.367. The Bertz CT molecular complexity index is 1540. The second-order valence-electron chi connectivity index (χ2n) is 10.3. The molecule has 10 heteroatoms. The van der Waals surface area contributed by atoms with Crippen LogP contribution >= 0.6 is 0 Å². The summed E-state index contributed by atoms with van der Waals surface area (Å²) in [6.45, 7) is 5.92. The minimum atomic E-state index is -0.482. The van der Waals surface area contributed by atoms with Crippen LogP contribution in [0, 0.1) is 17.0 Å². The molecule has 40 heavy (non-hydrogen) atoms. The fourth-order valence-electron chi connectivity index (χ4n) is 5.52. The summed E-state index contributed by atoms with van der Waals surface area (Å²) in [7, 11) is 1.68. The first-order chi connectivity index (χ1) is 19.4. The standard InChI is InChI=1S/C30H34N6O4/c1-22-16-23(11-12-31-22)18-35(26-6-5-13-33(21-26)25-9-10-29(32-17-25)36(38)39)20-24-19-34(14-15-40-2)28-8-4-3-7-27(28)30(24)37/h3-4,7-12,16-17,19,26H,5-6,13-15,18,20-21H2,1-2H3/t26-/m0/s1. The van der Waals surface area contributed by atoms with E-state index in [1.54, 1.807) is 19.4 Å². The zero-order chi connectivity index (χ0) is 28.1. The molecule has 0 bridgehead atoms. The predicted octanol–water partition coefficient (Wildman–Crippen LogP) is 4.33. The highest BCUT2D eigenvalue weighted by molar-refractivity contribution is 5.79. The van der Waals surface area contributed by atoms with Gasteiger partial charge in [0, 0.05) is 81.0 Å². The zero-order valence-electron chi connectivity index (χ0n) is 22.9.